The highest BCUT2D eigenvalue weighted by Gasteiger charge is 2.70. The molecule has 2 aromatic rings. The molecule has 5 aliphatic rings. The summed E-state index contributed by atoms with van der Waals surface area (Å²) in [5.41, 5.74) is 11.6. The molecule has 0 aliphatic heterocycles. The first-order chi connectivity index (χ1) is 26.7. The molecule has 11 atom stereocenters. The summed E-state index contributed by atoms with van der Waals surface area (Å²) in [6, 6.07) is 16.2. The first kappa shape index (κ1) is 42.1. The summed E-state index contributed by atoms with van der Waals surface area (Å²) in [6.07, 6.45) is 12.9. The van der Waals surface area contributed by atoms with Gasteiger partial charge in [0.2, 0.25) is 5.91 Å². The van der Waals surface area contributed by atoms with Gasteiger partial charge in [-0.25, -0.2) is 8.42 Å². The number of hydrogen-bond donors (Lipinski definition) is 3. The van der Waals surface area contributed by atoms with E-state index in [0.717, 1.165) is 37.7 Å². The highest BCUT2D eigenvalue weighted by molar-refractivity contribution is 7.90. The monoisotopic (exact) mass is 796 g/mol. The van der Waals surface area contributed by atoms with Crippen molar-refractivity contribution < 1.29 is 23.1 Å². The number of nitrogens with two attached hydrogens (primary N) is 1. The number of amides is 1. The Labute approximate surface area is 342 Å². The van der Waals surface area contributed by atoms with E-state index in [1.165, 1.54) is 43.1 Å². The minimum absolute atomic E-state index is 0.00538. The number of rotatable bonds is 11. The van der Waals surface area contributed by atoms with Gasteiger partial charge in [-0.15, -0.1) is 0 Å². The van der Waals surface area contributed by atoms with E-state index in [9.17, 15) is 23.1 Å². The van der Waals surface area contributed by atoms with Crippen LogP contribution in [0.25, 0.3) is 5.57 Å². The topological polar surface area (TPSA) is 127 Å². The van der Waals surface area contributed by atoms with Crippen LogP contribution in [-0.4, -0.2) is 49.8 Å². The van der Waals surface area contributed by atoms with Gasteiger partial charge in [0.1, 0.15) is 15.9 Å². The Balaban J connectivity index is 1.12. The summed E-state index contributed by atoms with van der Waals surface area (Å²) in [6.45, 7) is 20.1. The molecule has 310 valence electrons. The van der Waals surface area contributed by atoms with Crippen molar-refractivity contribution in [1.82, 2.24) is 5.32 Å². The van der Waals surface area contributed by atoms with Crippen LogP contribution in [0.15, 0.2) is 72.8 Å². The van der Waals surface area contributed by atoms with Crippen LogP contribution in [0.1, 0.15) is 133 Å². The molecule has 4 saturated carbocycles. The number of carbonyl (C=O) groups is 2. The van der Waals surface area contributed by atoms with Crippen LogP contribution in [0, 0.1) is 56.7 Å². The third kappa shape index (κ3) is 7.01. The molecule has 0 saturated heterocycles. The Bertz CT molecular complexity index is 2020. The number of fused-ring (bicyclic) bond motifs is 7. The van der Waals surface area contributed by atoms with Gasteiger partial charge in [0.25, 0.3) is 0 Å². The fraction of sp³-hybridized carbons (Fsp3) is 0.633. The van der Waals surface area contributed by atoms with Crippen molar-refractivity contribution in [2.75, 3.05) is 18.6 Å². The SMILES string of the molecule is C=C(C)[C@@H]1CC[C@]2(CNC(=O)C(N)CCS(C)(=O)=O)CC[C@]3(C)[C@H](CC[C@@H]4[C@@]5(C)CC=C(c6ccc(C(=O)C(O)c7ccccc7)cc6)C(C)(C)[C@@H]5CC[C@]43C)[C@@H]12. The molecule has 57 heavy (non-hydrogen) atoms. The Kier molecular flexibility index (Phi) is 11.0. The van der Waals surface area contributed by atoms with Crippen molar-refractivity contribution in [3.8, 4) is 0 Å². The van der Waals surface area contributed by atoms with Gasteiger partial charge >= 0.3 is 0 Å². The van der Waals surface area contributed by atoms with Gasteiger partial charge in [-0.2, -0.15) is 0 Å². The number of benzene rings is 2. The number of allylic oxidation sites excluding steroid dienone is 3. The van der Waals surface area contributed by atoms with Crippen molar-refractivity contribution in [2.24, 2.45) is 62.4 Å². The number of sulfone groups is 1. The maximum atomic E-state index is 13.3. The lowest BCUT2D eigenvalue weighted by Gasteiger charge is -2.72. The normalized spacial score (nSPS) is 36.6. The second kappa shape index (κ2) is 14.9. The van der Waals surface area contributed by atoms with E-state index in [1.54, 1.807) is 12.1 Å². The quantitative estimate of drug-likeness (QED) is 0.154. The zero-order valence-electron chi connectivity index (χ0n) is 35.6. The van der Waals surface area contributed by atoms with Gasteiger partial charge in [0.05, 0.1) is 11.8 Å². The Morgan fingerprint density at radius 2 is 1.58 bits per heavy atom. The molecular weight excluding hydrogens is 729 g/mol. The van der Waals surface area contributed by atoms with Crippen molar-refractivity contribution in [3.05, 3.63) is 89.5 Å². The van der Waals surface area contributed by atoms with E-state index in [4.69, 9.17) is 5.73 Å². The van der Waals surface area contributed by atoms with E-state index in [1.807, 2.05) is 30.3 Å². The third-order valence-corrected chi connectivity index (χ3v) is 18.4. The number of ketones is 1. The van der Waals surface area contributed by atoms with Crippen LogP contribution in [0.3, 0.4) is 0 Å². The van der Waals surface area contributed by atoms with Gasteiger partial charge in [-0.05, 0) is 144 Å². The Morgan fingerprint density at radius 1 is 0.895 bits per heavy atom. The smallest absolute Gasteiger partial charge is 0.236 e. The average Bonchev–Trinajstić information content (AvgIpc) is 3.56. The molecule has 0 radical (unpaired) electrons. The molecule has 0 spiro atoms. The fourth-order valence-electron chi connectivity index (χ4n) is 14.3. The Hall–Kier alpha value is -3.07. The lowest BCUT2D eigenvalue weighted by Crippen LogP contribution is -2.66. The van der Waals surface area contributed by atoms with Crippen LogP contribution < -0.4 is 11.1 Å². The molecule has 0 heterocycles. The number of aliphatic hydroxyl groups is 1. The number of Topliss-reactive ketones (excluding diaryl/α,β-unsaturated/α-hetero) is 1. The minimum Gasteiger partial charge on any atom is -0.380 e. The maximum Gasteiger partial charge on any atom is 0.236 e. The zero-order chi connectivity index (χ0) is 41.3. The predicted molar refractivity (Wildman–Crippen MR) is 230 cm³/mol. The van der Waals surface area contributed by atoms with Crippen molar-refractivity contribution in [2.45, 2.75) is 118 Å². The van der Waals surface area contributed by atoms with Crippen molar-refractivity contribution in [1.29, 1.82) is 0 Å². The second-order valence-electron chi connectivity index (χ2n) is 20.6. The number of aliphatic hydroxyl groups excluding tert-OH is 1. The van der Waals surface area contributed by atoms with E-state index in [-0.39, 0.29) is 50.9 Å². The molecule has 7 rings (SSSR count). The summed E-state index contributed by atoms with van der Waals surface area (Å²) in [5, 5.41) is 14.1. The molecule has 2 aromatic carbocycles. The number of nitrogens with one attached hydrogen (secondary N) is 1. The molecule has 2 unspecified atom stereocenters. The largest absolute Gasteiger partial charge is 0.380 e. The molecule has 4 N–H and O–H groups in total. The van der Waals surface area contributed by atoms with E-state index < -0.39 is 22.0 Å². The molecule has 0 bridgehead atoms. The molecule has 4 fully saturated rings. The van der Waals surface area contributed by atoms with Gasteiger partial charge in [0.15, 0.2) is 5.78 Å². The molecule has 8 heteroatoms. The van der Waals surface area contributed by atoms with Crippen molar-refractivity contribution >= 4 is 27.1 Å². The van der Waals surface area contributed by atoms with Crippen LogP contribution in [-0.2, 0) is 14.6 Å². The standard InChI is InChI=1S/C49H68N2O5S/c1-31(2)35-20-26-49(30-51-44(54)38(50)23-29-57(8,55)56)28-27-47(6)37(41(35)49)18-19-40-46(5)24-21-36(45(3,4)39(46)22-25-48(40,47)7)32-14-16-34(17-15-32)43(53)42(52)33-12-10-9-11-13-33/h9-17,21,35,37-42,52H,1,18-20,22-30,50H2,2-8H3,(H,51,54)/t35-,37+,38?,39-,40+,41+,42?,46-,47+,48+,49+/m0/s1. The first-order valence-electron chi connectivity index (χ1n) is 21.6. The second-order valence-corrected chi connectivity index (χ2v) is 22.8. The fourth-order valence-corrected chi connectivity index (χ4v) is 15.0. The third-order valence-electron chi connectivity index (χ3n) is 17.4. The molecule has 7 nitrogen and oxygen atoms in total. The average molecular weight is 797 g/mol. The lowest BCUT2D eigenvalue weighted by atomic mass is 9.32. The highest BCUT2D eigenvalue weighted by Crippen LogP contribution is 2.77. The Morgan fingerprint density at radius 3 is 2.23 bits per heavy atom. The van der Waals surface area contributed by atoms with Crippen LogP contribution in [0.2, 0.25) is 0 Å². The predicted octanol–water partition coefficient (Wildman–Crippen LogP) is 9.13. The van der Waals surface area contributed by atoms with Crippen LogP contribution in [0.4, 0.5) is 0 Å². The lowest BCUT2D eigenvalue weighted by molar-refractivity contribution is -0.225. The van der Waals surface area contributed by atoms with Crippen molar-refractivity contribution in [3.63, 3.8) is 0 Å². The summed E-state index contributed by atoms with van der Waals surface area (Å²) < 4.78 is 23.5. The van der Waals surface area contributed by atoms with Crippen LogP contribution in [0.5, 0.6) is 0 Å². The summed E-state index contributed by atoms with van der Waals surface area (Å²) in [7, 11) is -3.19. The molecular formula is C49H68N2O5S. The summed E-state index contributed by atoms with van der Waals surface area (Å²) >= 11 is 0. The van der Waals surface area contributed by atoms with E-state index in [2.05, 4.69) is 71.6 Å². The van der Waals surface area contributed by atoms with Gasteiger partial charge in [-0.3, -0.25) is 9.59 Å². The van der Waals surface area contributed by atoms with Gasteiger partial charge < -0.3 is 16.2 Å². The minimum atomic E-state index is -3.19. The van der Waals surface area contributed by atoms with E-state index >= 15 is 0 Å². The zero-order valence-corrected chi connectivity index (χ0v) is 36.4. The molecule has 5 aliphatic carbocycles. The van der Waals surface area contributed by atoms with Crippen LogP contribution >= 0.6 is 0 Å². The summed E-state index contributed by atoms with van der Waals surface area (Å²) in [5.74, 6) is 1.92. The molecule has 0 aromatic heterocycles. The first-order valence-corrected chi connectivity index (χ1v) is 23.7. The van der Waals surface area contributed by atoms with E-state index in [0.29, 0.717) is 47.3 Å². The highest BCUT2D eigenvalue weighted by atomic mass is 32.2. The van der Waals surface area contributed by atoms with Gasteiger partial charge in [0, 0.05) is 18.4 Å². The number of hydrogen-bond acceptors (Lipinski definition) is 6. The maximum absolute atomic E-state index is 13.3. The van der Waals surface area contributed by atoms with Gasteiger partial charge in [-0.1, -0.05) is 107 Å². The number of carbonyl (C=O) groups excluding carboxylic acids is 2. The molecule has 1 amide bonds. The summed E-state index contributed by atoms with van der Waals surface area (Å²) in [4.78, 5) is 26.5.